The highest BCUT2D eigenvalue weighted by molar-refractivity contribution is 5.77. The average Bonchev–Trinajstić information content (AvgIpc) is 2.34. The second-order valence-corrected chi connectivity index (χ2v) is 3.31. The van der Waals surface area contributed by atoms with Gasteiger partial charge in [0.1, 0.15) is 11.8 Å². The van der Waals surface area contributed by atoms with Crippen LogP contribution >= 0.6 is 0 Å². The molecule has 0 bridgehead atoms. The highest BCUT2D eigenvalue weighted by Crippen LogP contribution is 2.17. The molecule has 0 unspecified atom stereocenters. The highest BCUT2D eigenvalue weighted by Gasteiger charge is 2.29. The summed E-state index contributed by atoms with van der Waals surface area (Å²) < 4.78 is 0. The van der Waals surface area contributed by atoms with Crippen molar-refractivity contribution in [1.29, 1.82) is 0 Å². The van der Waals surface area contributed by atoms with Gasteiger partial charge in [0.2, 0.25) is 0 Å². The van der Waals surface area contributed by atoms with E-state index in [1.807, 2.05) is 0 Å². The summed E-state index contributed by atoms with van der Waals surface area (Å²) in [6.45, 7) is 2.19. The minimum absolute atomic E-state index is 0.132. The SMILES string of the molecule is CC(=O)C[C@H]1CN[C@H](C(=O)O)C1. The Morgan fingerprint density at radius 1 is 1.58 bits per heavy atom. The molecule has 1 saturated heterocycles. The zero-order valence-corrected chi connectivity index (χ0v) is 7.04. The largest absolute Gasteiger partial charge is 0.480 e. The summed E-state index contributed by atoms with van der Waals surface area (Å²) in [6, 6.07) is -0.450. The number of hydrogen-bond donors (Lipinski definition) is 2. The Morgan fingerprint density at radius 3 is 2.67 bits per heavy atom. The van der Waals surface area contributed by atoms with Crippen molar-refractivity contribution in [3.63, 3.8) is 0 Å². The first-order valence-corrected chi connectivity index (χ1v) is 4.05. The summed E-state index contributed by atoms with van der Waals surface area (Å²) in [7, 11) is 0. The molecular weight excluding hydrogens is 158 g/mol. The summed E-state index contributed by atoms with van der Waals surface area (Å²) in [4.78, 5) is 21.2. The van der Waals surface area contributed by atoms with Crippen LogP contribution in [-0.4, -0.2) is 29.4 Å². The molecule has 1 fully saturated rings. The van der Waals surface area contributed by atoms with Gasteiger partial charge in [-0.3, -0.25) is 4.79 Å². The first-order valence-electron chi connectivity index (χ1n) is 4.05. The Balaban J connectivity index is 2.35. The van der Waals surface area contributed by atoms with Crippen molar-refractivity contribution in [2.75, 3.05) is 6.54 Å². The maximum Gasteiger partial charge on any atom is 0.320 e. The molecule has 2 N–H and O–H groups in total. The van der Waals surface area contributed by atoms with E-state index < -0.39 is 12.0 Å². The number of carboxylic acids is 1. The summed E-state index contributed by atoms with van der Waals surface area (Å²) >= 11 is 0. The number of carbonyl (C=O) groups excluding carboxylic acids is 1. The van der Waals surface area contributed by atoms with Crippen LogP contribution in [-0.2, 0) is 9.59 Å². The molecule has 0 radical (unpaired) electrons. The van der Waals surface area contributed by atoms with Gasteiger partial charge in [0, 0.05) is 6.42 Å². The van der Waals surface area contributed by atoms with Crippen molar-refractivity contribution >= 4 is 11.8 Å². The smallest absolute Gasteiger partial charge is 0.320 e. The third-order valence-corrected chi connectivity index (χ3v) is 2.10. The summed E-state index contributed by atoms with van der Waals surface area (Å²) in [5, 5.41) is 11.5. The molecule has 12 heavy (non-hydrogen) atoms. The molecule has 0 aromatic carbocycles. The average molecular weight is 171 g/mol. The highest BCUT2D eigenvalue weighted by atomic mass is 16.4. The van der Waals surface area contributed by atoms with Gasteiger partial charge in [-0.2, -0.15) is 0 Å². The van der Waals surface area contributed by atoms with E-state index >= 15 is 0 Å². The second kappa shape index (κ2) is 3.67. The quantitative estimate of drug-likeness (QED) is 0.628. The Morgan fingerprint density at radius 2 is 2.25 bits per heavy atom. The summed E-state index contributed by atoms with van der Waals surface area (Å²) in [6.07, 6.45) is 1.08. The van der Waals surface area contributed by atoms with Crippen molar-refractivity contribution < 1.29 is 14.7 Å². The van der Waals surface area contributed by atoms with Crippen LogP contribution in [0.5, 0.6) is 0 Å². The van der Waals surface area contributed by atoms with Crippen molar-refractivity contribution in [1.82, 2.24) is 5.32 Å². The minimum Gasteiger partial charge on any atom is -0.480 e. The van der Waals surface area contributed by atoms with Gasteiger partial charge in [0.25, 0.3) is 0 Å². The number of carboxylic acid groups (broad SMARTS) is 1. The Kier molecular flexibility index (Phi) is 2.81. The number of hydrogen-bond acceptors (Lipinski definition) is 3. The predicted molar refractivity (Wildman–Crippen MR) is 42.8 cm³/mol. The van der Waals surface area contributed by atoms with Gasteiger partial charge in [-0.05, 0) is 25.8 Å². The molecule has 1 aliphatic rings. The van der Waals surface area contributed by atoms with E-state index in [4.69, 9.17) is 5.11 Å². The molecule has 0 aromatic rings. The summed E-state index contributed by atoms with van der Waals surface area (Å²) in [5.74, 6) is -0.475. The fraction of sp³-hybridized carbons (Fsp3) is 0.750. The lowest BCUT2D eigenvalue weighted by atomic mass is 10.00. The Bertz CT molecular complexity index is 202. The second-order valence-electron chi connectivity index (χ2n) is 3.31. The molecule has 0 aromatic heterocycles. The molecule has 0 aliphatic carbocycles. The monoisotopic (exact) mass is 171 g/mol. The zero-order valence-electron chi connectivity index (χ0n) is 7.04. The van der Waals surface area contributed by atoms with E-state index in [-0.39, 0.29) is 11.7 Å². The lowest BCUT2D eigenvalue weighted by Crippen LogP contribution is -2.29. The van der Waals surface area contributed by atoms with Crippen molar-refractivity contribution in [2.24, 2.45) is 5.92 Å². The van der Waals surface area contributed by atoms with Gasteiger partial charge >= 0.3 is 5.97 Å². The topological polar surface area (TPSA) is 66.4 Å². The van der Waals surface area contributed by atoms with E-state index in [1.165, 1.54) is 6.92 Å². The van der Waals surface area contributed by atoms with Crippen LogP contribution < -0.4 is 5.32 Å². The molecule has 0 amide bonds. The predicted octanol–water partition coefficient (Wildman–Crippen LogP) is 0.0282. The van der Waals surface area contributed by atoms with Crippen molar-refractivity contribution in [3.05, 3.63) is 0 Å². The van der Waals surface area contributed by atoms with Crippen LogP contribution in [0.25, 0.3) is 0 Å². The fourth-order valence-electron chi connectivity index (χ4n) is 1.56. The van der Waals surface area contributed by atoms with E-state index in [1.54, 1.807) is 0 Å². The molecule has 4 heteroatoms. The number of Topliss-reactive ketones (excluding diaryl/α,β-unsaturated/α-hetero) is 1. The Hall–Kier alpha value is -0.900. The molecule has 1 rings (SSSR count). The molecule has 0 spiro atoms. The third kappa shape index (κ3) is 2.30. The van der Waals surface area contributed by atoms with Crippen LogP contribution in [0.2, 0.25) is 0 Å². The zero-order chi connectivity index (χ0) is 9.14. The van der Waals surface area contributed by atoms with E-state index in [2.05, 4.69) is 5.32 Å². The first-order chi connectivity index (χ1) is 5.59. The van der Waals surface area contributed by atoms with Crippen molar-refractivity contribution in [2.45, 2.75) is 25.8 Å². The van der Waals surface area contributed by atoms with Crippen LogP contribution in [0.3, 0.4) is 0 Å². The van der Waals surface area contributed by atoms with Gasteiger partial charge in [-0.1, -0.05) is 0 Å². The number of carbonyl (C=O) groups is 2. The number of nitrogens with one attached hydrogen (secondary N) is 1. The van der Waals surface area contributed by atoms with Gasteiger partial charge in [0.05, 0.1) is 0 Å². The number of rotatable bonds is 3. The van der Waals surface area contributed by atoms with Gasteiger partial charge in [-0.15, -0.1) is 0 Å². The van der Waals surface area contributed by atoms with E-state index in [0.717, 1.165) is 0 Å². The minimum atomic E-state index is -0.818. The van der Waals surface area contributed by atoms with Gasteiger partial charge < -0.3 is 15.2 Å². The lowest BCUT2D eigenvalue weighted by molar-refractivity contribution is -0.139. The van der Waals surface area contributed by atoms with Gasteiger partial charge in [0.15, 0.2) is 0 Å². The molecule has 2 atom stereocenters. The maximum atomic E-state index is 10.7. The van der Waals surface area contributed by atoms with Crippen LogP contribution in [0.4, 0.5) is 0 Å². The molecule has 0 saturated carbocycles. The maximum absolute atomic E-state index is 10.7. The van der Waals surface area contributed by atoms with Crippen LogP contribution in [0, 0.1) is 5.92 Å². The standard InChI is InChI=1S/C8H13NO3/c1-5(10)2-6-3-7(8(11)12)9-4-6/h6-7,9H,2-4H2,1H3,(H,11,12)/t6-,7+/m1/s1. The lowest BCUT2D eigenvalue weighted by Gasteiger charge is -2.03. The van der Waals surface area contributed by atoms with E-state index in [9.17, 15) is 9.59 Å². The number of ketones is 1. The van der Waals surface area contributed by atoms with Crippen LogP contribution in [0.15, 0.2) is 0 Å². The molecule has 4 nitrogen and oxygen atoms in total. The third-order valence-electron chi connectivity index (χ3n) is 2.10. The van der Waals surface area contributed by atoms with Crippen molar-refractivity contribution in [3.8, 4) is 0 Å². The molecule has 1 aliphatic heterocycles. The summed E-state index contributed by atoms with van der Waals surface area (Å²) in [5.41, 5.74) is 0. The number of aliphatic carboxylic acids is 1. The Labute approximate surface area is 71.0 Å². The molecule has 1 heterocycles. The first kappa shape index (κ1) is 9.19. The van der Waals surface area contributed by atoms with Gasteiger partial charge in [-0.25, -0.2) is 0 Å². The van der Waals surface area contributed by atoms with Crippen LogP contribution in [0.1, 0.15) is 19.8 Å². The van der Waals surface area contributed by atoms with E-state index in [0.29, 0.717) is 19.4 Å². The normalized spacial score (nSPS) is 28.8. The molecular formula is C8H13NO3. The molecule has 68 valence electrons. The fourth-order valence-corrected chi connectivity index (χ4v) is 1.56.